The average Bonchev–Trinajstić information content (AvgIpc) is 2.32. The maximum absolute atomic E-state index is 13.1. The van der Waals surface area contributed by atoms with Gasteiger partial charge in [-0.2, -0.15) is 0 Å². The zero-order valence-corrected chi connectivity index (χ0v) is 11.3. The van der Waals surface area contributed by atoms with Crippen molar-refractivity contribution in [3.8, 4) is 5.75 Å². The summed E-state index contributed by atoms with van der Waals surface area (Å²) in [4.78, 5) is 0. The number of nitrogen functional groups attached to an aromatic ring is 1. The SMILES string of the molecule is CC(C)Oc1cc(N)cc(Nc2ccc(F)c(F)c2)c1. The minimum atomic E-state index is -0.905. The van der Waals surface area contributed by atoms with Crippen molar-refractivity contribution in [3.05, 3.63) is 48.0 Å². The Bertz CT molecular complexity index is 615. The molecule has 2 aromatic rings. The summed E-state index contributed by atoms with van der Waals surface area (Å²) in [5.41, 5.74) is 7.39. The van der Waals surface area contributed by atoms with Crippen molar-refractivity contribution < 1.29 is 13.5 Å². The Morgan fingerprint density at radius 3 is 2.40 bits per heavy atom. The van der Waals surface area contributed by atoms with Crippen LogP contribution in [0.1, 0.15) is 13.8 Å². The molecule has 106 valence electrons. The van der Waals surface area contributed by atoms with Crippen LogP contribution in [0, 0.1) is 11.6 Å². The second kappa shape index (κ2) is 5.77. The van der Waals surface area contributed by atoms with Gasteiger partial charge in [0.05, 0.1) is 6.10 Å². The van der Waals surface area contributed by atoms with Gasteiger partial charge in [0, 0.05) is 35.3 Å². The number of benzene rings is 2. The molecular weight excluding hydrogens is 262 g/mol. The molecule has 3 N–H and O–H groups in total. The van der Waals surface area contributed by atoms with Crippen LogP contribution >= 0.6 is 0 Å². The smallest absolute Gasteiger partial charge is 0.160 e. The summed E-state index contributed by atoms with van der Waals surface area (Å²) in [6.45, 7) is 3.82. The lowest BCUT2D eigenvalue weighted by atomic mass is 10.2. The topological polar surface area (TPSA) is 47.3 Å². The summed E-state index contributed by atoms with van der Waals surface area (Å²) >= 11 is 0. The molecule has 3 nitrogen and oxygen atoms in total. The lowest BCUT2D eigenvalue weighted by Gasteiger charge is -2.13. The fraction of sp³-hybridized carbons (Fsp3) is 0.200. The largest absolute Gasteiger partial charge is 0.491 e. The predicted octanol–water partition coefficient (Wildman–Crippen LogP) is 4.08. The molecule has 0 bridgehead atoms. The number of hydrogen-bond donors (Lipinski definition) is 2. The summed E-state index contributed by atoms with van der Waals surface area (Å²) in [5, 5.41) is 2.96. The third kappa shape index (κ3) is 3.60. The van der Waals surface area contributed by atoms with Crippen molar-refractivity contribution in [2.75, 3.05) is 11.1 Å². The first kappa shape index (κ1) is 14.1. The van der Waals surface area contributed by atoms with Crippen LogP contribution in [-0.2, 0) is 0 Å². The Kier molecular flexibility index (Phi) is 4.08. The van der Waals surface area contributed by atoms with E-state index >= 15 is 0 Å². The fourth-order valence-electron chi connectivity index (χ4n) is 1.78. The van der Waals surface area contributed by atoms with Crippen LogP contribution in [-0.4, -0.2) is 6.10 Å². The predicted molar refractivity (Wildman–Crippen MR) is 76.3 cm³/mol. The molecule has 0 atom stereocenters. The Labute approximate surface area is 116 Å². The highest BCUT2D eigenvalue weighted by atomic mass is 19.2. The highest BCUT2D eigenvalue weighted by molar-refractivity contribution is 5.66. The molecule has 2 rings (SSSR count). The van der Waals surface area contributed by atoms with Gasteiger partial charge in [0.25, 0.3) is 0 Å². The number of nitrogens with two attached hydrogens (primary N) is 1. The zero-order chi connectivity index (χ0) is 14.7. The van der Waals surface area contributed by atoms with E-state index in [1.165, 1.54) is 6.07 Å². The van der Waals surface area contributed by atoms with Gasteiger partial charge in [-0.15, -0.1) is 0 Å². The van der Waals surface area contributed by atoms with Crippen molar-refractivity contribution in [1.82, 2.24) is 0 Å². The van der Waals surface area contributed by atoms with Gasteiger partial charge < -0.3 is 15.8 Å². The maximum Gasteiger partial charge on any atom is 0.160 e. The first-order valence-corrected chi connectivity index (χ1v) is 6.23. The molecule has 0 aliphatic heterocycles. The fourth-order valence-corrected chi connectivity index (χ4v) is 1.78. The van der Waals surface area contributed by atoms with E-state index in [1.54, 1.807) is 18.2 Å². The normalized spacial score (nSPS) is 10.7. The molecule has 5 heteroatoms. The zero-order valence-electron chi connectivity index (χ0n) is 11.3. The molecule has 0 amide bonds. The van der Waals surface area contributed by atoms with Gasteiger partial charge in [-0.3, -0.25) is 0 Å². The minimum absolute atomic E-state index is 0.0212. The number of hydrogen-bond acceptors (Lipinski definition) is 3. The Balaban J connectivity index is 2.24. The summed E-state index contributed by atoms with van der Waals surface area (Å²) in [5.74, 6) is -1.17. The van der Waals surface area contributed by atoms with E-state index in [0.29, 0.717) is 22.8 Å². The van der Waals surface area contributed by atoms with Gasteiger partial charge in [-0.25, -0.2) is 8.78 Å². The van der Waals surface area contributed by atoms with Crippen LogP contribution in [0.15, 0.2) is 36.4 Å². The maximum atomic E-state index is 13.1. The van der Waals surface area contributed by atoms with Gasteiger partial charge in [0.2, 0.25) is 0 Å². The lowest BCUT2D eigenvalue weighted by molar-refractivity contribution is 0.242. The van der Waals surface area contributed by atoms with E-state index < -0.39 is 11.6 Å². The van der Waals surface area contributed by atoms with Crippen LogP contribution in [0.25, 0.3) is 0 Å². The van der Waals surface area contributed by atoms with E-state index in [4.69, 9.17) is 10.5 Å². The number of rotatable bonds is 4. The molecule has 0 saturated heterocycles. The number of ether oxygens (including phenoxy) is 1. The van der Waals surface area contributed by atoms with E-state index in [9.17, 15) is 8.78 Å². The Morgan fingerprint density at radius 2 is 1.75 bits per heavy atom. The van der Waals surface area contributed by atoms with Gasteiger partial charge in [-0.1, -0.05) is 0 Å². The highest BCUT2D eigenvalue weighted by Gasteiger charge is 2.05. The van der Waals surface area contributed by atoms with E-state index in [1.807, 2.05) is 13.8 Å². The number of anilines is 3. The molecule has 0 spiro atoms. The molecule has 0 radical (unpaired) electrons. The molecule has 0 aliphatic rings. The average molecular weight is 278 g/mol. The molecule has 0 unspecified atom stereocenters. The number of halogens is 2. The first-order chi connectivity index (χ1) is 9.44. The molecular formula is C15H16F2N2O. The molecule has 0 saturated carbocycles. The number of nitrogens with one attached hydrogen (secondary N) is 1. The van der Waals surface area contributed by atoms with Crippen molar-refractivity contribution in [1.29, 1.82) is 0 Å². The summed E-state index contributed by atoms with van der Waals surface area (Å²) in [7, 11) is 0. The van der Waals surface area contributed by atoms with E-state index in [0.717, 1.165) is 12.1 Å². The highest BCUT2D eigenvalue weighted by Crippen LogP contribution is 2.26. The third-order valence-electron chi connectivity index (χ3n) is 2.51. The lowest BCUT2D eigenvalue weighted by Crippen LogP contribution is -2.06. The van der Waals surface area contributed by atoms with Gasteiger partial charge >= 0.3 is 0 Å². The van der Waals surface area contributed by atoms with Crippen LogP contribution < -0.4 is 15.8 Å². The molecule has 20 heavy (non-hydrogen) atoms. The van der Waals surface area contributed by atoms with Gasteiger partial charge in [0.1, 0.15) is 5.75 Å². The molecule has 0 aromatic heterocycles. The third-order valence-corrected chi connectivity index (χ3v) is 2.51. The first-order valence-electron chi connectivity index (χ1n) is 6.23. The monoisotopic (exact) mass is 278 g/mol. The molecule has 0 fully saturated rings. The van der Waals surface area contributed by atoms with Crippen LogP contribution in [0.4, 0.5) is 25.8 Å². The Morgan fingerprint density at radius 1 is 1.00 bits per heavy atom. The van der Waals surface area contributed by atoms with Crippen LogP contribution in [0.5, 0.6) is 5.75 Å². The van der Waals surface area contributed by atoms with Crippen LogP contribution in [0.2, 0.25) is 0 Å². The van der Waals surface area contributed by atoms with Gasteiger partial charge in [-0.05, 0) is 32.0 Å². The van der Waals surface area contributed by atoms with E-state index in [-0.39, 0.29) is 6.10 Å². The molecule has 0 heterocycles. The quantitative estimate of drug-likeness (QED) is 0.828. The van der Waals surface area contributed by atoms with Crippen molar-refractivity contribution in [2.45, 2.75) is 20.0 Å². The Hall–Kier alpha value is -2.30. The minimum Gasteiger partial charge on any atom is -0.491 e. The summed E-state index contributed by atoms with van der Waals surface area (Å²) in [6.07, 6.45) is 0.0212. The van der Waals surface area contributed by atoms with E-state index in [2.05, 4.69) is 5.32 Å². The van der Waals surface area contributed by atoms with Crippen molar-refractivity contribution >= 4 is 17.1 Å². The summed E-state index contributed by atoms with van der Waals surface area (Å²) < 4.78 is 31.6. The van der Waals surface area contributed by atoms with Gasteiger partial charge in [0.15, 0.2) is 11.6 Å². The van der Waals surface area contributed by atoms with Crippen molar-refractivity contribution in [3.63, 3.8) is 0 Å². The van der Waals surface area contributed by atoms with Crippen molar-refractivity contribution in [2.24, 2.45) is 0 Å². The summed E-state index contributed by atoms with van der Waals surface area (Å²) in [6, 6.07) is 8.74. The second-order valence-electron chi connectivity index (χ2n) is 4.71. The van der Waals surface area contributed by atoms with Crippen LogP contribution in [0.3, 0.4) is 0 Å². The second-order valence-corrected chi connectivity index (χ2v) is 4.71. The molecule has 0 aliphatic carbocycles. The molecule has 2 aromatic carbocycles. The standard InChI is InChI=1S/C15H16F2N2O/c1-9(2)20-13-6-10(18)5-12(7-13)19-11-3-4-14(16)15(17)8-11/h3-9,19H,18H2,1-2H3.